The zero-order valence-corrected chi connectivity index (χ0v) is 9.12. The molecule has 0 unspecified atom stereocenters. The molecule has 0 saturated heterocycles. The molecule has 1 atom stereocenters. The van der Waals surface area contributed by atoms with Crippen molar-refractivity contribution in [2.45, 2.75) is 38.3 Å². The first-order valence-electron chi connectivity index (χ1n) is 4.81. The molecule has 6 nitrogen and oxygen atoms in total. The van der Waals surface area contributed by atoms with Gasteiger partial charge in [-0.25, -0.2) is 4.79 Å². The Balaban J connectivity index is 4.29. The van der Waals surface area contributed by atoms with Gasteiger partial charge in [-0.15, -0.1) is 0 Å². The van der Waals surface area contributed by atoms with Crippen molar-refractivity contribution in [1.82, 2.24) is 5.32 Å². The number of amides is 1. The second-order valence-electron chi connectivity index (χ2n) is 4.02. The first-order valence-corrected chi connectivity index (χ1v) is 4.81. The van der Waals surface area contributed by atoms with Crippen molar-refractivity contribution in [1.29, 1.82) is 0 Å². The summed E-state index contributed by atoms with van der Waals surface area (Å²) in [6.07, 6.45) is 0.857. The van der Waals surface area contributed by atoms with Crippen LogP contribution in [0.1, 0.15) is 26.7 Å². The van der Waals surface area contributed by atoms with E-state index in [4.69, 9.17) is 16.6 Å². The molecule has 0 aromatic carbocycles. The maximum absolute atomic E-state index is 11.4. The normalized spacial score (nSPS) is 13.3. The highest BCUT2D eigenvalue weighted by atomic mass is 16.4. The lowest BCUT2D eigenvalue weighted by atomic mass is 10.0. The van der Waals surface area contributed by atoms with Crippen LogP contribution in [-0.4, -0.2) is 35.1 Å². The minimum atomic E-state index is -1.07. The summed E-state index contributed by atoms with van der Waals surface area (Å²) in [6, 6.07) is -0.913. The topological polar surface area (TPSA) is 118 Å². The van der Waals surface area contributed by atoms with E-state index in [-0.39, 0.29) is 0 Å². The van der Waals surface area contributed by atoms with Crippen molar-refractivity contribution < 1.29 is 14.7 Å². The molecule has 6 N–H and O–H groups in total. The van der Waals surface area contributed by atoms with Crippen molar-refractivity contribution in [2.75, 3.05) is 6.54 Å². The number of aliphatic carboxylic acids is 1. The maximum atomic E-state index is 11.4. The van der Waals surface area contributed by atoms with E-state index in [9.17, 15) is 9.59 Å². The van der Waals surface area contributed by atoms with Crippen LogP contribution in [0.15, 0.2) is 0 Å². The minimum absolute atomic E-state index is 0.313. The van der Waals surface area contributed by atoms with E-state index in [0.29, 0.717) is 19.4 Å². The minimum Gasteiger partial charge on any atom is -0.480 e. The van der Waals surface area contributed by atoms with Gasteiger partial charge in [0.05, 0.1) is 5.54 Å². The van der Waals surface area contributed by atoms with Crippen LogP contribution in [0.4, 0.5) is 0 Å². The molecule has 0 aromatic rings. The average Bonchev–Trinajstić information content (AvgIpc) is 2.09. The summed E-state index contributed by atoms with van der Waals surface area (Å²) in [7, 11) is 0. The molecular weight excluding hydrogens is 198 g/mol. The molecule has 0 aliphatic heterocycles. The van der Waals surface area contributed by atoms with E-state index in [1.165, 1.54) is 13.8 Å². The van der Waals surface area contributed by atoms with Gasteiger partial charge < -0.3 is 21.9 Å². The van der Waals surface area contributed by atoms with Crippen molar-refractivity contribution in [3.8, 4) is 0 Å². The van der Waals surface area contributed by atoms with E-state index in [2.05, 4.69) is 5.32 Å². The smallest absolute Gasteiger partial charge is 0.326 e. The third-order valence-corrected chi connectivity index (χ3v) is 1.89. The molecule has 0 radical (unpaired) electrons. The van der Waals surface area contributed by atoms with Gasteiger partial charge in [0.1, 0.15) is 6.04 Å². The van der Waals surface area contributed by atoms with Crippen LogP contribution in [0.25, 0.3) is 0 Å². The largest absolute Gasteiger partial charge is 0.480 e. The number of nitrogens with one attached hydrogen (secondary N) is 1. The van der Waals surface area contributed by atoms with Crippen LogP contribution >= 0.6 is 0 Å². The van der Waals surface area contributed by atoms with Crippen LogP contribution in [-0.2, 0) is 9.59 Å². The number of carbonyl (C=O) groups excluding carboxylic acids is 1. The van der Waals surface area contributed by atoms with Crippen LogP contribution in [0.5, 0.6) is 0 Å². The molecule has 0 saturated carbocycles. The summed E-state index contributed by atoms with van der Waals surface area (Å²) in [5.74, 6) is -1.55. The predicted molar refractivity (Wildman–Crippen MR) is 56.1 cm³/mol. The fraction of sp³-hybridized carbons (Fsp3) is 0.778. The molecule has 0 rings (SSSR count). The molecule has 88 valence electrons. The molecule has 0 aliphatic rings. The standard InChI is InChI=1S/C9H19N3O3/c1-9(2,11)8(15)12-6(7(13)14)4-3-5-10/h6H,3-5,10-11H2,1-2H3,(H,12,15)(H,13,14)/t6-/m0/s1. The fourth-order valence-corrected chi connectivity index (χ4v) is 0.924. The Morgan fingerprint density at radius 1 is 1.47 bits per heavy atom. The van der Waals surface area contributed by atoms with Crippen LogP contribution in [0.3, 0.4) is 0 Å². The second-order valence-corrected chi connectivity index (χ2v) is 4.02. The molecular formula is C9H19N3O3. The summed E-state index contributed by atoms with van der Waals surface area (Å²) in [5.41, 5.74) is 9.72. The summed E-state index contributed by atoms with van der Waals surface area (Å²) >= 11 is 0. The van der Waals surface area contributed by atoms with Crippen LogP contribution in [0, 0.1) is 0 Å². The monoisotopic (exact) mass is 217 g/mol. The summed E-state index contributed by atoms with van der Waals surface area (Å²) in [4.78, 5) is 22.2. The summed E-state index contributed by atoms with van der Waals surface area (Å²) < 4.78 is 0. The van der Waals surface area contributed by atoms with Gasteiger partial charge in [0.2, 0.25) is 5.91 Å². The number of rotatable bonds is 6. The average molecular weight is 217 g/mol. The van der Waals surface area contributed by atoms with Gasteiger partial charge in [0.25, 0.3) is 0 Å². The molecule has 6 heteroatoms. The lowest BCUT2D eigenvalue weighted by Crippen LogP contribution is -2.54. The van der Waals surface area contributed by atoms with Gasteiger partial charge in [0.15, 0.2) is 0 Å². The Bertz CT molecular complexity index is 235. The Kier molecular flexibility index (Phi) is 5.24. The van der Waals surface area contributed by atoms with E-state index in [0.717, 1.165) is 0 Å². The third kappa shape index (κ3) is 5.34. The summed E-state index contributed by atoms with van der Waals surface area (Å²) in [5, 5.41) is 11.2. The Labute approximate surface area is 89.0 Å². The Morgan fingerprint density at radius 3 is 2.33 bits per heavy atom. The quantitative estimate of drug-likeness (QED) is 0.456. The Hall–Kier alpha value is -1.14. The SMILES string of the molecule is CC(C)(N)C(=O)N[C@@H](CCCN)C(=O)O. The van der Waals surface area contributed by atoms with E-state index in [1.807, 2.05) is 0 Å². The number of hydrogen-bond donors (Lipinski definition) is 4. The van der Waals surface area contributed by atoms with Gasteiger partial charge in [-0.2, -0.15) is 0 Å². The van der Waals surface area contributed by atoms with Crippen molar-refractivity contribution in [2.24, 2.45) is 11.5 Å². The Morgan fingerprint density at radius 2 is 2.00 bits per heavy atom. The number of hydrogen-bond acceptors (Lipinski definition) is 4. The fourth-order valence-electron chi connectivity index (χ4n) is 0.924. The van der Waals surface area contributed by atoms with Crippen molar-refractivity contribution in [3.05, 3.63) is 0 Å². The van der Waals surface area contributed by atoms with Gasteiger partial charge in [-0.1, -0.05) is 0 Å². The zero-order valence-electron chi connectivity index (χ0n) is 9.12. The predicted octanol–water partition coefficient (Wildman–Crippen LogP) is -0.968. The number of carboxylic acids is 1. The zero-order chi connectivity index (χ0) is 12.1. The molecule has 0 aromatic heterocycles. The lowest BCUT2D eigenvalue weighted by molar-refractivity contribution is -0.142. The van der Waals surface area contributed by atoms with E-state index >= 15 is 0 Å². The first-order chi connectivity index (χ1) is 6.79. The van der Waals surface area contributed by atoms with Gasteiger partial charge in [-0.3, -0.25) is 4.79 Å². The van der Waals surface area contributed by atoms with E-state index in [1.54, 1.807) is 0 Å². The van der Waals surface area contributed by atoms with Gasteiger partial charge in [0, 0.05) is 0 Å². The van der Waals surface area contributed by atoms with Crippen molar-refractivity contribution >= 4 is 11.9 Å². The summed E-state index contributed by atoms with van der Waals surface area (Å²) in [6.45, 7) is 3.43. The maximum Gasteiger partial charge on any atom is 0.326 e. The van der Waals surface area contributed by atoms with Gasteiger partial charge in [-0.05, 0) is 33.2 Å². The lowest BCUT2D eigenvalue weighted by Gasteiger charge is -2.21. The third-order valence-electron chi connectivity index (χ3n) is 1.89. The second kappa shape index (κ2) is 5.67. The highest BCUT2D eigenvalue weighted by molar-refractivity contribution is 5.89. The van der Waals surface area contributed by atoms with Crippen molar-refractivity contribution in [3.63, 3.8) is 0 Å². The highest BCUT2D eigenvalue weighted by Crippen LogP contribution is 2.01. The highest BCUT2D eigenvalue weighted by Gasteiger charge is 2.27. The first kappa shape index (κ1) is 13.9. The molecule has 0 aliphatic carbocycles. The number of nitrogens with two attached hydrogens (primary N) is 2. The van der Waals surface area contributed by atoms with Gasteiger partial charge >= 0.3 is 5.97 Å². The molecule has 0 heterocycles. The molecule has 15 heavy (non-hydrogen) atoms. The number of carboxylic acid groups (broad SMARTS) is 1. The molecule has 0 bridgehead atoms. The molecule has 0 fully saturated rings. The molecule has 1 amide bonds. The van der Waals surface area contributed by atoms with E-state index < -0.39 is 23.5 Å². The van der Waals surface area contributed by atoms with Crippen LogP contribution < -0.4 is 16.8 Å². The van der Waals surface area contributed by atoms with Crippen LogP contribution in [0.2, 0.25) is 0 Å². The number of carbonyl (C=O) groups is 2. The molecule has 0 spiro atoms.